The van der Waals surface area contributed by atoms with Crippen LogP contribution >= 0.6 is 0 Å². The number of carbonyl (C=O) groups is 1. The van der Waals surface area contributed by atoms with Crippen LogP contribution < -0.4 is 5.73 Å². The van der Waals surface area contributed by atoms with Crippen molar-refractivity contribution in [3.05, 3.63) is 29.3 Å². The molecule has 1 saturated carbocycles. The lowest BCUT2D eigenvalue weighted by molar-refractivity contribution is 0.0266. The highest BCUT2D eigenvalue weighted by molar-refractivity contribution is 6.04. The first kappa shape index (κ1) is 13.3. The average Bonchev–Trinajstić information content (AvgIpc) is 3.25. The second-order valence-electron chi connectivity index (χ2n) is 7.51. The fourth-order valence-corrected chi connectivity index (χ4v) is 4.43. The van der Waals surface area contributed by atoms with E-state index in [0.29, 0.717) is 11.7 Å². The number of nitrogens with two attached hydrogens (primary N) is 1. The number of ketones is 1. The zero-order chi connectivity index (χ0) is 14.8. The molecule has 21 heavy (non-hydrogen) atoms. The molecule has 3 heteroatoms. The molecule has 3 atom stereocenters. The maximum Gasteiger partial charge on any atom is 0.180 e. The van der Waals surface area contributed by atoms with E-state index in [0.717, 1.165) is 36.7 Å². The number of fused-ring (bicyclic) bond motifs is 4. The number of hydrogen-bond acceptors (Lipinski definition) is 3. The minimum atomic E-state index is 0.0699. The second-order valence-corrected chi connectivity index (χ2v) is 7.51. The quantitative estimate of drug-likeness (QED) is 0.849. The first-order valence-electron chi connectivity index (χ1n) is 8.19. The number of anilines is 1. The Balaban J connectivity index is 1.79. The molecule has 0 spiro atoms. The van der Waals surface area contributed by atoms with Crippen molar-refractivity contribution in [3.8, 4) is 0 Å². The van der Waals surface area contributed by atoms with Crippen LogP contribution in [0.3, 0.4) is 0 Å². The summed E-state index contributed by atoms with van der Waals surface area (Å²) in [5.41, 5.74) is 8.93. The summed E-state index contributed by atoms with van der Waals surface area (Å²) in [4.78, 5) is 15.5. The highest BCUT2D eigenvalue weighted by Gasteiger charge is 2.52. The predicted octanol–water partition coefficient (Wildman–Crippen LogP) is 2.84. The van der Waals surface area contributed by atoms with Crippen molar-refractivity contribution >= 4 is 11.5 Å². The standard InChI is InChI=1S/C18H24N2O/c1-11-16-17(21)14-6-5-13(19)9-15(14)18(11,2)7-8-20(16)10-12-3-4-12/h5-6,9,11-12,16H,3-4,7-8,10,19H2,1-2H3/t11-,16-,18+/m0/s1. The summed E-state index contributed by atoms with van der Waals surface area (Å²) >= 11 is 0. The Morgan fingerprint density at radius 1 is 1.38 bits per heavy atom. The van der Waals surface area contributed by atoms with E-state index in [1.165, 1.54) is 18.4 Å². The van der Waals surface area contributed by atoms with Crippen LogP contribution in [-0.4, -0.2) is 29.8 Å². The third-order valence-corrected chi connectivity index (χ3v) is 6.17. The van der Waals surface area contributed by atoms with Crippen LogP contribution in [0.15, 0.2) is 18.2 Å². The molecule has 2 fully saturated rings. The van der Waals surface area contributed by atoms with E-state index in [1.807, 2.05) is 18.2 Å². The molecule has 4 rings (SSSR count). The number of benzene rings is 1. The topological polar surface area (TPSA) is 46.3 Å². The zero-order valence-electron chi connectivity index (χ0n) is 12.9. The lowest BCUT2D eigenvalue weighted by atomic mass is 9.58. The fourth-order valence-electron chi connectivity index (χ4n) is 4.43. The molecule has 3 aliphatic rings. The lowest BCUT2D eigenvalue weighted by Gasteiger charge is -2.53. The molecule has 112 valence electrons. The third-order valence-electron chi connectivity index (χ3n) is 6.17. The maximum absolute atomic E-state index is 13.0. The highest BCUT2D eigenvalue weighted by atomic mass is 16.1. The van der Waals surface area contributed by atoms with Gasteiger partial charge in [0.25, 0.3) is 0 Å². The molecular weight excluding hydrogens is 260 g/mol. The highest BCUT2D eigenvalue weighted by Crippen LogP contribution is 2.49. The summed E-state index contributed by atoms with van der Waals surface area (Å²) in [5, 5.41) is 0. The molecule has 1 aromatic carbocycles. The molecule has 0 amide bonds. The molecule has 1 aliphatic heterocycles. The second kappa shape index (κ2) is 4.33. The van der Waals surface area contributed by atoms with Crippen molar-refractivity contribution in [2.75, 3.05) is 18.8 Å². The molecule has 1 aromatic rings. The monoisotopic (exact) mass is 284 g/mol. The number of nitrogens with zero attached hydrogens (tertiary/aromatic N) is 1. The van der Waals surface area contributed by atoms with Crippen LogP contribution in [0, 0.1) is 11.8 Å². The summed E-state index contributed by atoms with van der Waals surface area (Å²) < 4.78 is 0. The van der Waals surface area contributed by atoms with Gasteiger partial charge in [0.15, 0.2) is 5.78 Å². The van der Waals surface area contributed by atoms with E-state index in [-0.39, 0.29) is 11.5 Å². The van der Waals surface area contributed by atoms with Crippen LogP contribution in [0.25, 0.3) is 0 Å². The number of nitrogen functional groups attached to an aromatic ring is 1. The third kappa shape index (κ3) is 1.87. The van der Waals surface area contributed by atoms with Gasteiger partial charge in [0.1, 0.15) is 0 Å². The summed E-state index contributed by atoms with van der Waals surface area (Å²) in [6, 6.07) is 5.93. The molecule has 0 aromatic heterocycles. The molecule has 1 saturated heterocycles. The van der Waals surface area contributed by atoms with Gasteiger partial charge in [0.2, 0.25) is 0 Å². The summed E-state index contributed by atoms with van der Waals surface area (Å²) in [7, 11) is 0. The molecule has 0 radical (unpaired) electrons. The summed E-state index contributed by atoms with van der Waals surface area (Å²) in [6.45, 7) is 6.74. The van der Waals surface area contributed by atoms with Gasteiger partial charge < -0.3 is 5.73 Å². The van der Waals surface area contributed by atoms with E-state index >= 15 is 0 Å². The number of likely N-dealkylation sites (tertiary alicyclic amines) is 1. The Labute approximate surface area is 126 Å². The molecular formula is C18H24N2O. The molecule has 2 N–H and O–H groups in total. The molecule has 0 unspecified atom stereocenters. The van der Waals surface area contributed by atoms with Crippen LogP contribution in [0.5, 0.6) is 0 Å². The number of carbonyl (C=O) groups excluding carboxylic acids is 1. The number of rotatable bonds is 2. The van der Waals surface area contributed by atoms with Gasteiger partial charge in [-0.15, -0.1) is 0 Å². The van der Waals surface area contributed by atoms with Crippen LogP contribution in [0.1, 0.15) is 49.0 Å². The molecule has 2 aliphatic carbocycles. The number of piperidine rings is 1. The van der Waals surface area contributed by atoms with Gasteiger partial charge in [-0.3, -0.25) is 9.69 Å². The van der Waals surface area contributed by atoms with Crippen molar-refractivity contribution in [3.63, 3.8) is 0 Å². The maximum atomic E-state index is 13.0. The Morgan fingerprint density at radius 3 is 2.86 bits per heavy atom. The Hall–Kier alpha value is -1.35. The smallest absolute Gasteiger partial charge is 0.180 e. The van der Waals surface area contributed by atoms with E-state index in [2.05, 4.69) is 18.7 Å². The zero-order valence-corrected chi connectivity index (χ0v) is 12.9. The van der Waals surface area contributed by atoms with E-state index in [9.17, 15) is 4.79 Å². The van der Waals surface area contributed by atoms with E-state index in [1.54, 1.807) is 0 Å². The number of hydrogen-bond donors (Lipinski definition) is 1. The van der Waals surface area contributed by atoms with Crippen molar-refractivity contribution in [1.82, 2.24) is 4.90 Å². The number of Topliss-reactive ketones (excluding diaryl/α,β-unsaturated/α-hetero) is 1. The van der Waals surface area contributed by atoms with Gasteiger partial charge in [0, 0.05) is 17.8 Å². The van der Waals surface area contributed by atoms with Crippen molar-refractivity contribution in [2.24, 2.45) is 11.8 Å². The van der Waals surface area contributed by atoms with E-state index in [4.69, 9.17) is 5.73 Å². The van der Waals surface area contributed by atoms with Gasteiger partial charge in [-0.1, -0.05) is 13.8 Å². The summed E-state index contributed by atoms with van der Waals surface area (Å²) in [5.74, 6) is 1.52. The van der Waals surface area contributed by atoms with Crippen molar-refractivity contribution in [1.29, 1.82) is 0 Å². The van der Waals surface area contributed by atoms with Gasteiger partial charge in [-0.05, 0) is 66.8 Å². The Morgan fingerprint density at radius 2 is 2.14 bits per heavy atom. The average molecular weight is 284 g/mol. The van der Waals surface area contributed by atoms with Gasteiger partial charge in [-0.25, -0.2) is 0 Å². The van der Waals surface area contributed by atoms with Crippen LogP contribution in [0.4, 0.5) is 5.69 Å². The first-order valence-corrected chi connectivity index (χ1v) is 8.19. The van der Waals surface area contributed by atoms with Crippen LogP contribution in [-0.2, 0) is 5.41 Å². The molecule has 3 nitrogen and oxygen atoms in total. The minimum absolute atomic E-state index is 0.0699. The lowest BCUT2D eigenvalue weighted by Crippen LogP contribution is -2.61. The SMILES string of the molecule is C[C@H]1[C@H]2C(=O)c3ccc(N)cc3[C@]1(C)CCN2CC1CC1. The van der Waals surface area contributed by atoms with Gasteiger partial charge >= 0.3 is 0 Å². The van der Waals surface area contributed by atoms with Crippen molar-refractivity contribution < 1.29 is 4.79 Å². The summed E-state index contributed by atoms with van der Waals surface area (Å²) in [6.07, 6.45) is 3.81. The molecule has 2 bridgehead atoms. The van der Waals surface area contributed by atoms with E-state index < -0.39 is 0 Å². The first-order chi connectivity index (χ1) is 10.0. The van der Waals surface area contributed by atoms with Crippen LogP contribution in [0.2, 0.25) is 0 Å². The predicted molar refractivity (Wildman–Crippen MR) is 84.4 cm³/mol. The fraction of sp³-hybridized carbons (Fsp3) is 0.611. The largest absolute Gasteiger partial charge is 0.399 e. The van der Waals surface area contributed by atoms with Crippen molar-refractivity contribution in [2.45, 2.75) is 44.6 Å². The normalized spacial score (nSPS) is 35.6. The Kier molecular flexibility index (Phi) is 2.74. The Bertz CT molecular complexity index is 607. The minimum Gasteiger partial charge on any atom is -0.399 e. The van der Waals surface area contributed by atoms with Gasteiger partial charge in [0.05, 0.1) is 6.04 Å². The molecule has 1 heterocycles. The van der Waals surface area contributed by atoms with Gasteiger partial charge in [-0.2, -0.15) is 0 Å².